The van der Waals surface area contributed by atoms with Crippen LogP contribution in [0.2, 0.25) is 0 Å². The van der Waals surface area contributed by atoms with Crippen LogP contribution in [0.1, 0.15) is 108 Å². The van der Waals surface area contributed by atoms with Gasteiger partial charge in [0.1, 0.15) is 13.2 Å². The molecule has 2 rings (SSSR count). The van der Waals surface area contributed by atoms with Crippen LogP contribution in [-0.4, -0.2) is 13.2 Å². The highest BCUT2D eigenvalue weighted by atomic mass is 32.1. The van der Waals surface area contributed by atoms with Crippen molar-refractivity contribution in [2.24, 2.45) is 11.8 Å². The molecule has 1 aromatic heterocycles. The van der Waals surface area contributed by atoms with E-state index < -0.39 is 0 Å². The van der Waals surface area contributed by atoms with Crippen LogP contribution in [0.25, 0.3) is 12.2 Å². The SMILES string of the molecule is CCCCCCC(C)/C=C/c1sc(/C=C/C(CC)CCCCCC)c2c1OCCO2. The highest BCUT2D eigenvalue weighted by Gasteiger charge is 2.22. The summed E-state index contributed by atoms with van der Waals surface area (Å²) in [7, 11) is 0. The van der Waals surface area contributed by atoms with Crippen molar-refractivity contribution in [3.05, 3.63) is 21.9 Å². The molecule has 0 amide bonds. The molecule has 0 spiro atoms. The second-order valence-electron chi connectivity index (χ2n) is 8.75. The largest absolute Gasteiger partial charge is 0.485 e. The Bertz CT molecular complexity index is 644. The van der Waals surface area contributed by atoms with Gasteiger partial charge in [-0.2, -0.15) is 0 Å². The van der Waals surface area contributed by atoms with E-state index in [0.29, 0.717) is 25.0 Å². The van der Waals surface area contributed by atoms with Gasteiger partial charge in [-0.05, 0) is 43.3 Å². The molecule has 1 aliphatic heterocycles. The molecule has 170 valence electrons. The van der Waals surface area contributed by atoms with Gasteiger partial charge in [0, 0.05) is 0 Å². The highest BCUT2D eigenvalue weighted by molar-refractivity contribution is 7.14. The second-order valence-corrected chi connectivity index (χ2v) is 9.83. The standard InChI is InChI=1S/C27H44O2S/c1-5-8-10-12-14-22(4)16-18-24-26-27(29-21-20-28-26)25(30-24)19-17-23(7-3)15-13-11-9-6-2/h16-19,22-23H,5-15,20-21H2,1-4H3/b18-16+,19-17+. The van der Waals surface area contributed by atoms with E-state index in [2.05, 4.69) is 52.0 Å². The zero-order chi connectivity index (χ0) is 21.6. The molecule has 2 heterocycles. The lowest BCUT2D eigenvalue weighted by Crippen LogP contribution is -2.15. The third-order valence-corrected chi connectivity index (χ3v) is 7.09. The van der Waals surface area contributed by atoms with Crippen molar-refractivity contribution in [1.29, 1.82) is 0 Å². The molecule has 0 N–H and O–H groups in total. The fraction of sp³-hybridized carbons (Fsp3) is 0.704. The molecule has 0 aliphatic carbocycles. The van der Waals surface area contributed by atoms with Gasteiger partial charge in [-0.3, -0.25) is 0 Å². The molecule has 0 bridgehead atoms. The Kier molecular flexibility index (Phi) is 12.3. The molecule has 2 atom stereocenters. The highest BCUT2D eigenvalue weighted by Crippen LogP contribution is 2.45. The normalized spacial score (nSPS) is 15.9. The third-order valence-electron chi connectivity index (χ3n) is 6.01. The number of ether oxygens (including phenoxy) is 2. The fourth-order valence-corrected chi connectivity index (χ4v) is 4.97. The van der Waals surface area contributed by atoms with Crippen LogP contribution in [0.15, 0.2) is 12.2 Å². The first-order chi connectivity index (χ1) is 14.7. The maximum atomic E-state index is 6.01. The third kappa shape index (κ3) is 8.49. The number of allylic oxidation sites excluding steroid dienone is 2. The van der Waals surface area contributed by atoms with Gasteiger partial charge in [-0.1, -0.05) is 91.2 Å². The second kappa shape index (κ2) is 14.7. The Morgan fingerprint density at radius 1 is 0.767 bits per heavy atom. The van der Waals surface area contributed by atoms with Gasteiger partial charge < -0.3 is 9.47 Å². The lowest BCUT2D eigenvalue weighted by Gasteiger charge is -2.16. The van der Waals surface area contributed by atoms with Gasteiger partial charge in [0.15, 0.2) is 11.5 Å². The van der Waals surface area contributed by atoms with E-state index in [0.717, 1.165) is 11.5 Å². The minimum absolute atomic E-state index is 0.607. The van der Waals surface area contributed by atoms with Crippen LogP contribution in [-0.2, 0) is 0 Å². The number of hydrogen-bond acceptors (Lipinski definition) is 3. The predicted molar refractivity (Wildman–Crippen MR) is 134 cm³/mol. The Morgan fingerprint density at radius 2 is 1.33 bits per heavy atom. The fourth-order valence-electron chi connectivity index (χ4n) is 3.95. The zero-order valence-corrected chi connectivity index (χ0v) is 20.7. The Morgan fingerprint density at radius 3 is 1.90 bits per heavy atom. The molecule has 1 aromatic rings. The number of unbranched alkanes of at least 4 members (excludes halogenated alkanes) is 6. The average Bonchev–Trinajstić information content (AvgIpc) is 3.12. The molecular weight excluding hydrogens is 388 g/mol. The van der Waals surface area contributed by atoms with Crippen molar-refractivity contribution in [3.8, 4) is 11.5 Å². The van der Waals surface area contributed by atoms with Crippen molar-refractivity contribution >= 4 is 23.5 Å². The number of fused-ring (bicyclic) bond motifs is 1. The van der Waals surface area contributed by atoms with Gasteiger partial charge in [-0.15, -0.1) is 11.3 Å². The van der Waals surface area contributed by atoms with Crippen LogP contribution in [0, 0.1) is 11.8 Å². The number of rotatable bonds is 15. The van der Waals surface area contributed by atoms with Crippen LogP contribution in [0.5, 0.6) is 11.5 Å². The maximum Gasteiger partial charge on any atom is 0.179 e. The van der Waals surface area contributed by atoms with E-state index in [1.54, 1.807) is 0 Å². The minimum atomic E-state index is 0.607. The van der Waals surface area contributed by atoms with Crippen molar-refractivity contribution in [1.82, 2.24) is 0 Å². The first-order valence-electron chi connectivity index (χ1n) is 12.5. The molecule has 0 saturated carbocycles. The van der Waals surface area contributed by atoms with E-state index in [-0.39, 0.29) is 0 Å². The van der Waals surface area contributed by atoms with Crippen LogP contribution < -0.4 is 9.47 Å². The minimum Gasteiger partial charge on any atom is -0.485 e. The van der Waals surface area contributed by atoms with Gasteiger partial charge in [0.2, 0.25) is 0 Å². The molecular formula is C27H44O2S. The van der Waals surface area contributed by atoms with Gasteiger partial charge in [0.25, 0.3) is 0 Å². The Balaban J connectivity index is 2.01. The number of hydrogen-bond donors (Lipinski definition) is 0. The van der Waals surface area contributed by atoms with Gasteiger partial charge >= 0.3 is 0 Å². The Labute approximate surface area is 189 Å². The summed E-state index contributed by atoms with van der Waals surface area (Å²) in [5.74, 6) is 3.18. The van der Waals surface area contributed by atoms with E-state index in [1.165, 1.54) is 80.4 Å². The van der Waals surface area contributed by atoms with Crippen LogP contribution in [0.3, 0.4) is 0 Å². The zero-order valence-electron chi connectivity index (χ0n) is 19.9. The molecule has 30 heavy (non-hydrogen) atoms. The predicted octanol–water partition coefficient (Wildman–Crippen LogP) is 9.15. The quantitative estimate of drug-likeness (QED) is 0.257. The first kappa shape index (κ1) is 25.0. The smallest absolute Gasteiger partial charge is 0.179 e. The van der Waals surface area contributed by atoms with E-state index in [1.807, 2.05) is 11.3 Å². The van der Waals surface area contributed by atoms with Gasteiger partial charge in [0.05, 0.1) is 9.75 Å². The molecule has 2 nitrogen and oxygen atoms in total. The lowest BCUT2D eigenvalue weighted by atomic mass is 9.97. The van der Waals surface area contributed by atoms with E-state index in [4.69, 9.17) is 9.47 Å². The summed E-state index contributed by atoms with van der Waals surface area (Å²) in [6.07, 6.45) is 23.8. The van der Waals surface area contributed by atoms with Crippen molar-refractivity contribution in [2.75, 3.05) is 13.2 Å². The number of thiophene rings is 1. The maximum absolute atomic E-state index is 6.01. The monoisotopic (exact) mass is 432 g/mol. The molecule has 0 fully saturated rings. The molecule has 0 aromatic carbocycles. The summed E-state index contributed by atoms with van der Waals surface area (Å²) in [6.45, 7) is 10.5. The van der Waals surface area contributed by atoms with Crippen LogP contribution >= 0.6 is 11.3 Å². The van der Waals surface area contributed by atoms with Crippen molar-refractivity contribution < 1.29 is 9.47 Å². The first-order valence-corrected chi connectivity index (χ1v) is 13.3. The van der Waals surface area contributed by atoms with Gasteiger partial charge in [-0.25, -0.2) is 0 Å². The summed E-state index contributed by atoms with van der Waals surface area (Å²) >= 11 is 1.81. The molecule has 2 unspecified atom stereocenters. The topological polar surface area (TPSA) is 18.5 Å². The molecule has 0 radical (unpaired) electrons. The molecule has 1 aliphatic rings. The molecule has 0 saturated heterocycles. The lowest BCUT2D eigenvalue weighted by molar-refractivity contribution is 0.173. The van der Waals surface area contributed by atoms with Crippen molar-refractivity contribution in [3.63, 3.8) is 0 Å². The summed E-state index contributed by atoms with van der Waals surface area (Å²) in [6, 6.07) is 0. The Hall–Kier alpha value is -1.22. The summed E-state index contributed by atoms with van der Waals surface area (Å²) in [5.41, 5.74) is 0. The van der Waals surface area contributed by atoms with E-state index >= 15 is 0 Å². The summed E-state index contributed by atoms with van der Waals surface area (Å²) in [4.78, 5) is 2.42. The summed E-state index contributed by atoms with van der Waals surface area (Å²) in [5, 5.41) is 0. The van der Waals surface area contributed by atoms with Crippen molar-refractivity contribution in [2.45, 2.75) is 98.3 Å². The van der Waals surface area contributed by atoms with E-state index in [9.17, 15) is 0 Å². The van der Waals surface area contributed by atoms with Crippen LogP contribution in [0.4, 0.5) is 0 Å². The average molecular weight is 433 g/mol. The molecule has 3 heteroatoms. The summed E-state index contributed by atoms with van der Waals surface area (Å²) < 4.78 is 12.0.